The molecule has 0 radical (unpaired) electrons. The van der Waals surface area contributed by atoms with Gasteiger partial charge >= 0.3 is 5.97 Å². The van der Waals surface area contributed by atoms with Crippen LogP contribution < -0.4 is 5.56 Å². The maximum absolute atomic E-state index is 12.1. The van der Waals surface area contributed by atoms with Crippen molar-refractivity contribution in [2.24, 2.45) is 0 Å². The van der Waals surface area contributed by atoms with Crippen molar-refractivity contribution in [2.75, 3.05) is 13.7 Å². The van der Waals surface area contributed by atoms with Gasteiger partial charge in [-0.15, -0.1) is 0 Å². The molecule has 1 heterocycles. The molecule has 2 aromatic carbocycles. The summed E-state index contributed by atoms with van der Waals surface area (Å²) in [6, 6.07) is 16.7. The number of hydrogen-bond acceptors (Lipinski definition) is 5. The average molecular weight is 393 g/mol. The van der Waals surface area contributed by atoms with Gasteiger partial charge in [-0.25, -0.2) is 4.98 Å². The number of rotatable bonds is 8. The number of aromatic amines is 1. The highest BCUT2D eigenvalue weighted by Crippen LogP contribution is 2.08. The number of carbonyl (C=O) groups is 2. The van der Waals surface area contributed by atoms with Gasteiger partial charge in [0.2, 0.25) is 0 Å². The van der Waals surface area contributed by atoms with Crippen molar-refractivity contribution in [3.8, 4) is 0 Å². The van der Waals surface area contributed by atoms with Crippen LogP contribution in [-0.2, 0) is 27.3 Å². The molecule has 0 bridgehead atoms. The number of esters is 1. The zero-order valence-electron chi connectivity index (χ0n) is 16.3. The molecule has 29 heavy (non-hydrogen) atoms. The lowest BCUT2D eigenvalue weighted by atomic mass is 10.2. The maximum atomic E-state index is 12.1. The molecule has 7 heteroatoms. The highest BCUT2D eigenvalue weighted by molar-refractivity contribution is 5.80. The Bertz CT molecular complexity index is 1050. The van der Waals surface area contributed by atoms with E-state index in [1.54, 1.807) is 25.2 Å². The topological polar surface area (TPSA) is 92.4 Å². The summed E-state index contributed by atoms with van der Waals surface area (Å²) in [6.07, 6.45) is 1.05. The van der Waals surface area contributed by atoms with E-state index in [1.807, 2.05) is 36.4 Å². The monoisotopic (exact) mass is 393 g/mol. The molecule has 7 nitrogen and oxygen atoms in total. The lowest BCUT2D eigenvalue weighted by Crippen LogP contribution is -2.30. The summed E-state index contributed by atoms with van der Waals surface area (Å²) < 4.78 is 5.07. The molecular formula is C22H23N3O4. The Balaban J connectivity index is 1.42. The van der Waals surface area contributed by atoms with Gasteiger partial charge in [-0.05, 0) is 24.1 Å². The van der Waals surface area contributed by atoms with Crippen LogP contribution in [0.1, 0.15) is 24.2 Å². The number of aryl methyl sites for hydroxylation is 1. The Hall–Kier alpha value is -3.48. The van der Waals surface area contributed by atoms with Crippen molar-refractivity contribution in [1.82, 2.24) is 14.9 Å². The average Bonchev–Trinajstić information content (AvgIpc) is 2.73. The molecule has 0 unspecified atom stereocenters. The van der Waals surface area contributed by atoms with Gasteiger partial charge in [-0.2, -0.15) is 0 Å². The number of likely N-dealkylation sites (N-methyl/N-ethyl adjacent to an activating group) is 1. The van der Waals surface area contributed by atoms with Gasteiger partial charge in [0.05, 0.1) is 10.9 Å². The standard InChI is InChI=1S/C22H23N3O4/c1-25(14-16-8-3-2-4-9-16)20(26)15-29-21(27)13-7-12-19-23-18-11-6-5-10-17(18)22(28)24-19/h2-6,8-11H,7,12-15H2,1H3,(H,23,24,28). The molecule has 0 atom stereocenters. The number of H-pyrrole nitrogens is 1. The van der Waals surface area contributed by atoms with E-state index in [9.17, 15) is 14.4 Å². The quantitative estimate of drug-likeness (QED) is 0.594. The van der Waals surface area contributed by atoms with Gasteiger partial charge in [0.25, 0.3) is 11.5 Å². The summed E-state index contributed by atoms with van der Waals surface area (Å²) >= 11 is 0. The molecule has 1 amide bonds. The predicted molar refractivity (Wildman–Crippen MR) is 109 cm³/mol. The zero-order valence-corrected chi connectivity index (χ0v) is 16.3. The van der Waals surface area contributed by atoms with Crippen LogP contribution >= 0.6 is 0 Å². The largest absolute Gasteiger partial charge is 0.456 e. The fraction of sp³-hybridized carbons (Fsp3) is 0.273. The first kappa shape index (κ1) is 20.3. The van der Waals surface area contributed by atoms with Crippen molar-refractivity contribution in [3.05, 3.63) is 76.3 Å². The van der Waals surface area contributed by atoms with Crippen LogP contribution in [0.5, 0.6) is 0 Å². The number of ether oxygens (including phenoxy) is 1. The minimum atomic E-state index is -0.449. The number of nitrogens with zero attached hydrogens (tertiary/aromatic N) is 2. The molecule has 0 aliphatic heterocycles. The van der Waals surface area contributed by atoms with Crippen LogP contribution in [0.4, 0.5) is 0 Å². The van der Waals surface area contributed by atoms with E-state index < -0.39 is 5.97 Å². The van der Waals surface area contributed by atoms with Crippen molar-refractivity contribution in [3.63, 3.8) is 0 Å². The third kappa shape index (κ3) is 5.75. The number of aromatic nitrogens is 2. The number of benzene rings is 2. The van der Waals surface area contributed by atoms with E-state index >= 15 is 0 Å². The van der Waals surface area contributed by atoms with Crippen LogP contribution in [0.2, 0.25) is 0 Å². The molecule has 1 aromatic heterocycles. The summed E-state index contributed by atoms with van der Waals surface area (Å²) in [5.74, 6) is -0.183. The van der Waals surface area contributed by atoms with Crippen molar-refractivity contribution in [2.45, 2.75) is 25.8 Å². The fourth-order valence-electron chi connectivity index (χ4n) is 2.92. The molecule has 0 saturated carbocycles. The Kier molecular flexibility index (Phi) is 6.73. The summed E-state index contributed by atoms with van der Waals surface area (Å²) in [6.45, 7) is 0.172. The van der Waals surface area contributed by atoms with Gasteiger partial charge in [0, 0.05) is 26.4 Å². The highest BCUT2D eigenvalue weighted by atomic mass is 16.5. The molecule has 0 aliphatic carbocycles. The lowest BCUT2D eigenvalue weighted by molar-refractivity contribution is -0.151. The number of nitrogens with one attached hydrogen (secondary N) is 1. The van der Waals surface area contributed by atoms with E-state index in [2.05, 4.69) is 9.97 Å². The lowest BCUT2D eigenvalue weighted by Gasteiger charge is -2.17. The second kappa shape index (κ2) is 9.64. The van der Waals surface area contributed by atoms with Crippen LogP contribution in [0.3, 0.4) is 0 Å². The normalized spacial score (nSPS) is 10.7. The van der Waals surface area contributed by atoms with Gasteiger partial charge < -0.3 is 14.6 Å². The maximum Gasteiger partial charge on any atom is 0.306 e. The molecule has 1 N–H and O–H groups in total. The molecular weight excluding hydrogens is 370 g/mol. The highest BCUT2D eigenvalue weighted by Gasteiger charge is 2.13. The Morgan fingerprint density at radius 1 is 1.07 bits per heavy atom. The van der Waals surface area contributed by atoms with Gasteiger partial charge in [0.15, 0.2) is 6.61 Å². The smallest absolute Gasteiger partial charge is 0.306 e. The number of carbonyl (C=O) groups excluding carboxylic acids is 2. The van der Waals surface area contributed by atoms with Crippen LogP contribution in [0, 0.1) is 0 Å². The minimum Gasteiger partial charge on any atom is -0.456 e. The molecule has 0 saturated heterocycles. The Morgan fingerprint density at radius 3 is 2.59 bits per heavy atom. The van der Waals surface area contributed by atoms with E-state index in [0.717, 1.165) is 5.56 Å². The molecule has 0 fully saturated rings. The zero-order chi connectivity index (χ0) is 20.6. The predicted octanol–water partition coefficient (Wildman–Crippen LogP) is 2.45. The third-order valence-electron chi connectivity index (χ3n) is 4.50. The van der Waals surface area contributed by atoms with Crippen molar-refractivity contribution < 1.29 is 14.3 Å². The SMILES string of the molecule is CN(Cc1ccccc1)C(=O)COC(=O)CCCc1nc2ccccc2c(=O)[nH]1. The summed E-state index contributed by atoms with van der Waals surface area (Å²) in [7, 11) is 1.67. The van der Waals surface area contributed by atoms with E-state index in [-0.39, 0.29) is 24.5 Å². The fourth-order valence-corrected chi connectivity index (χ4v) is 2.92. The molecule has 3 aromatic rings. The summed E-state index contributed by atoms with van der Waals surface area (Å²) in [5.41, 5.74) is 1.44. The van der Waals surface area contributed by atoms with Crippen LogP contribution in [0.25, 0.3) is 10.9 Å². The first-order chi connectivity index (χ1) is 14.0. The number of fused-ring (bicyclic) bond motifs is 1. The Morgan fingerprint density at radius 2 is 1.79 bits per heavy atom. The van der Waals surface area contributed by atoms with Crippen LogP contribution in [0.15, 0.2) is 59.4 Å². The number of para-hydroxylation sites is 1. The van der Waals surface area contributed by atoms with Gasteiger partial charge in [0.1, 0.15) is 5.82 Å². The molecule has 0 aliphatic rings. The summed E-state index contributed by atoms with van der Waals surface area (Å²) in [5, 5.41) is 0.536. The van der Waals surface area contributed by atoms with Gasteiger partial charge in [-0.1, -0.05) is 42.5 Å². The second-order valence-electron chi connectivity index (χ2n) is 6.78. The first-order valence-electron chi connectivity index (χ1n) is 9.44. The van der Waals surface area contributed by atoms with Crippen LogP contribution in [-0.4, -0.2) is 40.4 Å². The molecule has 0 spiro atoms. The number of hydrogen-bond donors (Lipinski definition) is 1. The number of amides is 1. The van der Waals surface area contributed by atoms with E-state index in [1.165, 1.54) is 4.90 Å². The minimum absolute atomic E-state index is 0.145. The second-order valence-corrected chi connectivity index (χ2v) is 6.78. The van der Waals surface area contributed by atoms with E-state index in [0.29, 0.717) is 36.1 Å². The first-order valence-corrected chi connectivity index (χ1v) is 9.44. The molecule has 150 valence electrons. The Labute approximate surface area is 168 Å². The van der Waals surface area contributed by atoms with Crippen molar-refractivity contribution in [1.29, 1.82) is 0 Å². The van der Waals surface area contributed by atoms with Gasteiger partial charge in [-0.3, -0.25) is 14.4 Å². The summed E-state index contributed by atoms with van der Waals surface area (Å²) in [4.78, 5) is 44.7. The van der Waals surface area contributed by atoms with E-state index in [4.69, 9.17) is 4.74 Å². The van der Waals surface area contributed by atoms with Crippen molar-refractivity contribution >= 4 is 22.8 Å². The molecule has 3 rings (SSSR count). The third-order valence-corrected chi connectivity index (χ3v) is 4.50.